The molecule has 0 aromatic heterocycles. The SMILES string of the molecule is NCc1cc(F)ccc1COc1cc(Br)cc(F)c1F. The topological polar surface area (TPSA) is 35.2 Å². The van der Waals surface area contributed by atoms with Crippen LogP contribution in [-0.4, -0.2) is 0 Å². The van der Waals surface area contributed by atoms with Gasteiger partial charge in [-0.15, -0.1) is 0 Å². The van der Waals surface area contributed by atoms with Crippen LogP contribution in [-0.2, 0) is 13.2 Å². The number of ether oxygens (including phenoxy) is 1. The third-order valence-electron chi connectivity index (χ3n) is 2.73. The van der Waals surface area contributed by atoms with Gasteiger partial charge in [0.2, 0.25) is 5.82 Å². The van der Waals surface area contributed by atoms with Crippen LogP contribution in [0.5, 0.6) is 5.75 Å². The van der Waals surface area contributed by atoms with Crippen molar-refractivity contribution in [1.29, 1.82) is 0 Å². The lowest BCUT2D eigenvalue weighted by atomic mass is 10.1. The second-order valence-corrected chi connectivity index (χ2v) is 5.02. The molecule has 0 saturated carbocycles. The Morgan fingerprint density at radius 1 is 1.05 bits per heavy atom. The highest BCUT2D eigenvalue weighted by Gasteiger charge is 2.12. The molecular formula is C14H11BrF3NO. The van der Waals surface area contributed by atoms with Crippen molar-refractivity contribution < 1.29 is 17.9 Å². The lowest BCUT2D eigenvalue weighted by Crippen LogP contribution is -2.06. The average molecular weight is 346 g/mol. The number of benzene rings is 2. The van der Waals surface area contributed by atoms with Crippen LogP contribution in [0.25, 0.3) is 0 Å². The van der Waals surface area contributed by atoms with Gasteiger partial charge in [0.25, 0.3) is 0 Å². The van der Waals surface area contributed by atoms with E-state index in [9.17, 15) is 13.2 Å². The fraction of sp³-hybridized carbons (Fsp3) is 0.143. The number of hydrogen-bond acceptors (Lipinski definition) is 2. The van der Waals surface area contributed by atoms with Crippen LogP contribution in [0.2, 0.25) is 0 Å². The van der Waals surface area contributed by atoms with E-state index in [-0.39, 0.29) is 18.9 Å². The zero-order valence-corrected chi connectivity index (χ0v) is 11.9. The van der Waals surface area contributed by atoms with E-state index in [2.05, 4.69) is 15.9 Å². The second kappa shape index (κ2) is 6.28. The summed E-state index contributed by atoms with van der Waals surface area (Å²) in [5, 5.41) is 0. The van der Waals surface area contributed by atoms with Crippen molar-refractivity contribution in [3.63, 3.8) is 0 Å². The molecular weight excluding hydrogens is 335 g/mol. The highest BCUT2D eigenvalue weighted by atomic mass is 79.9. The van der Waals surface area contributed by atoms with Gasteiger partial charge in [-0.05, 0) is 35.4 Å². The zero-order valence-electron chi connectivity index (χ0n) is 10.3. The molecule has 106 valence electrons. The first-order valence-corrected chi connectivity index (χ1v) is 6.55. The lowest BCUT2D eigenvalue weighted by molar-refractivity contribution is 0.283. The Hall–Kier alpha value is -1.53. The van der Waals surface area contributed by atoms with Crippen LogP contribution in [0.3, 0.4) is 0 Å². The van der Waals surface area contributed by atoms with Crippen LogP contribution in [0, 0.1) is 17.5 Å². The molecule has 0 aliphatic rings. The normalized spacial score (nSPS) is 10.7. The minimum absolute atomic E-state index is 0.0281. The largest absolute Gasteiger partial charge is 0.486 e. The molecule has 0 bridgehead atoms. The van der Waals surface area contributed by atoms with Gasteiger partial charge in [-0.25, -0.2) is 8.78 Å². The van der Waals surface area contributed by atoms with Crippen LogP contribution in [0.4, 0.5) is 13.2 Å². The quantitative estimate of drug-likeness (QED) is 0.853. The van der Waals surface area contributed by atoms with E-state index in [0.717, 1.165) is 6.07 Å². The molecule has 0 amide bonds. The van der Waals surface area contributed by atoms with Crippen molar-refractivity contribution in [3.05, 3.63) is 63.4 Å². The Labute approximate surface area is 122 Å². The molecule has 0 saturated heterocycles. The summed E-state index contributed by atoms with van der Waals surface area (Å²) in [5.74, 6) is -2.70. The Bertz CT molecular complexity index is 634. The molecule has 0 spiro atoms. The van der Waals surface area contributed by atoms with E-state index in [0.29, 0.717) is 15.6 Å². The Morgan fingerprint density at radius 3 is 2.50 bits per heavy atom. The molecule has 2 nitrogen and oxygen atoms in total. The van der Waals surface area contributed by atoms with Gasteiger partial charge in [-0.1, -0.05) is 22.0 Å². The maximum Gasteiger partial charge on any atom is 0.200 e. The van der Waals surface area contributed by atoms with Crippen LogP contribution in [0.15, 0.2) is 34.8 Å². The Kier molecular flexibility index (Phi) is 4.67. The van der Waals surface area contributed by atoms with E-state index in [4.69, 9.17) is 10.5 Å². The van der Waals surface area contributed by atoms with E-state index in [1.165, 1.54) is 24.3 Å². The summed E-state index contributed by atoms with van der Waals surface area (Å²) in [4.78, 5) is 0. The van der Waals surface area contributed by atoms with Crippen molar-refractivity contribution >= 4 is 15.9 Å². The number of nitrogens with two attached hydrogens (primary N) is 1. The predicted molar refractivity (Wildman–Crippen MR) is 72.7 cm³/mol. The maximum absolute atomic E-state index is 13.5. The van der Waals surface area contributed by atoms with E-state index in [1.807, 2.05) is 0 Å². The maximum atomic E-state index is 13.5. The molecule has 2 N–H and O–H groups in total. The molecule has 0 aliphatic carbocycles. The average Bonchev–Trinajstić information content (AvgIpc) is 2.42. The standard InChI is InChI=1S/C14H11BrF3NO/c15-10-4-12(17)14(18)13(5-10)20-7-8-1-2-11(16)3-9(8)6-19/h1-5H,6-7,19H2. The lowest BCUT2D eigenvalue weighted by Gasteiger charge is -2.11. The summed E-state index contributed by atoms with van der Waals surface area (Å²) in [6.45, 7) is 0.103. The van der Waals surface area contributed by atoms with Gasteiger partial charge in [-0.2, -0.15) is 4.39 Å². The van der Waals surface area contributed by atoms with Crippen molar-refractivity contribution in [1.82, 2.24) is 0 Å². The Morgan fingerprint density at radius 2 is 1.80 bits per heavy atom. The summed E-state index contributed by atoms with van der Waals surface area (Å²) >= 11 is 3.05. The molecule has 6 heteroatoms. The van der Waals surface area contributed by atoms with Crippen LogP contribution in [0.1, 0.15) is 11.1 Å². The van der Waals surface area contributed by atoms with Crippen LogP contribution < -0.4 is 10.5 Å². The molecule has 20 heavy (non-hydrogen) atoms. The van der Waals surface area contributed by atoms with Gasteiger partial charge in [0.1, 0.15) is 12.4 Å². The van der Waals surface area contributed by atoms with E-state index >= 15 is 0 Å². The van der Waals surface area contributed by atoms with Crippen LogP contribution >= 0.6 is 15.9 Å². The first-order valence-electron chi connectivity index (χ1n) is 5.76. The monoisotopic (exact) mass is 345 g/mol. The van der Waals surface area contributed by atoms with Crippen molar-refractivity contribution in [2.24, 2.45) is 5.73 Å². The molecule has 0 radical (unpaired) electrons. The number of hydrogen-bond donors (Lipinski definition) is 1. The summed E-state index contributed by atoms with van der Waals surface area (Å²) in [6, 6.07) is 6.38. The second-order valence-electron chi connectivity index (χ2n) is 4.11. The summed E-state index contributed by atoms with van der Waals surface area (Å²) in [6.07, 6.45) is 0. The van der Waals surface area contributed by atoms with Gasteiger partial charge in [-0.3, -0.25) is 0 Å². The summed E-state index contributed by atoms with van der Waals surface area (Å²) in [7, 11) is 0. The fourth-order valence-corrected chi connectivity index (χ4v) is 2.13. The number of halogens is 4. The zero-order chi connectivity index (χ0) is 14.7. The van der Waals surface area contributed by atoms with Gasteiger partial charge in [0.05, 0.1) is 0 Å². The molecule has 0 aliphatic heterocycles. The molecule has 2 aromatic carbocycles. The minimum atomic E-state index is -1.07. The molecule has 0 fully saturated rings. The highest BCUT2D eigenvalue weighted by Crippen LogP contribution is 2.26. The molecule has 2 aromatic rings. The third kappa shape index (κ3) is 3.32. The van der Waals surface area contributed by atoms with E-state index < -0.39 is 17.5 Å². The van der Waals surface area contributed by atoms with Gasteiger partial charge in [0.15, 0.2) is 11.6 Å². The number of rotatable bonds is 4. The summed E-state index contributed by atoms with van der Waals surface area (Å²) < 4.78 is 45.4. The predicted octanol–water partition coefficient (Wildman–Crippen LogP) is 3.90. The van der Waals surface area contributed by atoms with Gasteiger partial charge < -0.3 is 10.5 Å². The van der Waals surface area contributed by atoms with Crippen molar-refractivity contribution in [2.75, 3.05) is 0 Å². The Balaban J connectivity index is 2.21. The summed E-state index contributed by atoms with van der Waals surface area (Å²) in [5.41, 5.74) is 6.68. The van der Waals surface area contributed by atoms with Gasteiger partial charge >= 0.3 is 0 Å². The molecule has 0 atom stereocenters. The fourth-order valence-electron chi connectivity index (χ4n) is 1.72. The molecule has 0 heterocycles. The van der Waals surface area contributed by atoms with Crippen molar-refractivity contribution in [3.8, 4) is 5.75 Å². The minimum Gasteiger partial charge on any atom is -0.486 e. The third-order valence-corrected chi connectivity index (χ3v) is 3.19. The van der Waals surface area contributed by atoms with Gasteiger partial charge in [0, 0.05) is 11.0 Å². The van der Waals surface area contributed by atoms with Crippen molar-refractivity contribution in [2.45, 2.75) is 13.2 Å². The molecule has 0 unspecified atom stereocenters. The smallest absolute Gasteiger partial charge is 0.200 e. The highest BCUT2D eigenvalue weighted by molar-refractivity contribution is 9.10. The first-order chi connectivity index (χ1) is 9.51. The first kappa shape index (κ1) is 14.9. The van der Waals surface area contributed by atoms with E-state index in [1.54, 1.807) is 0 Å². The molecule has 2 rings (SSSR count).